The molecule has 0 unspecified atom stereocenters. The van der Waals surface area contributed by atoms with Gasteiger partial charge in [0.05, 0.1) is 13.2 Å². The zero-order valence-corrected chi connectivity index (χ0v) is 8.95. The van der Waals surface area contributed by atoms with Crippen molar-refractivity contribution in [3.05, 3.63) is 18.8 Å². The van der Waals surface area contributed by atoms with Crippen LogP contribution in [-0.2, 0) is 23.8 Å². The van der Waals surface area contributed by atoms with Crippen molar-refractivity contribution < 1.29 is 23.8 Å². The fourth-order valence-corrected chi connectivity index (χ4v) is 0.726. The molecule has 0 saturated carbocycles. The number of hydrogen-bond donors (Lipinski definition) is 0. The smallest absolute Gasteiger partial charge is 0.352 e. The topological polar surface area (TPSA) is 61.8 Å². The van der Waals surface area contributed by atoms with E-state index in [1.165, 1.54) is 0 Å². The first kappa shape index (κ1) is 13.4. The van der Waals surface area contributed by atoms with E-state index in [1.54, 1.807) is 13.8 Å². The minimum Gasteiger partial charge on any atom is -0.500 e. The maximum atomic E-state index is 11.3. The standard InChI is InChI=1S/C10H15O5/c1-4-13-7-8(9(11)14-5-2)10(12)15-6-3/h7H,2,4-6H2,1,3H3/q+1/b8-7-. The fraction of sp³-hybridized carbons (Fsp3) is 0.500. The fourth-order valence-electron chi connectivity index (χ4n) is 0.726. The van der Waals surface area contributed by atoms with Crippen LogP contribution in [0.15, 0.2) is 11.8 Å². The van der Waals surface area contributed by atoms with Gasteiger partial charge in [0, 0.05) is 0 Å². The molecule has 0 rings (SSSR count). The molecular weight excluding hydrogens is 200 g/mol. The summed E-state index contributed by atoms with van der Waals surface area (Å²) < 4.78 is 14.1. The lowest BCUT2D eigenvalue weighted by atomic mass is 10.3. The summed E-state index contributed by atoms with van der Waals surface area (Å²) in [5.41, 5.74) is -0.262. The number of rotatable bonds is 6. The van der Waals surface area contributed by atoms with Crippen LogP contribution < -0.4 is 0 Å². The SMILES string of the molecule is [CH2+]COC(=O)/C(=C/OCC)C(=O)OCC. The molecule has 0 N–H and O–H groups in total. The molecule has 0 bridgehead atoms. The van der Waals surface area contributed by atoms with Crippen LogP contribution in [0.5, 0.6) is 0 Å². The molecule has 0 aromatic heterocycles. The first-order valence-corrected chi connectivity index (χ1v) is 4.62. The lowest BCUT2D eigenvalue weighted by Crippen LogP contribution is -2.18. The molecular formula is C10H15O5+. The highest BCUT2D eigenvalue weighted by molar-refractivity contribution is 6.13. The van der Waals surface area contributed by atoms with Gasteiger partial charge in [0.15, 0.2) is 5.57 Å². The number of carbonyl (C=O) groups excluding carboxylic acids is 2. The van der Waals surface area contributed by atoms with Gasteiger partial charge in [-0.2, -0.15) is 0 Å². The normalized spacial score (nSPS) is 10.7. The molecule has 0 radical (unpaired) electrons. The van der Waals surface area contributed by atoms with Gasteiger partial charge in [-0.25, -0.2) is 9.59 Å². The van der Waals surface area contributed by atoms with Gasteiger partial charge < -0.3 is 14.2 Å². The van der Waals surface area contributed by atoms with E-state index in [9.17, 15) is 9.59 Å². The Hall–Kier alpha value is -1.65. The van der Waals surface area contributed by atoms with Crippen LogP contribution in [0.1, 0.15) is 13.8 Å². The maximum absolute atomic E-state index is 11.3. The zero-order valence-electron chi connectivity index (χ0n) is 8.95. The second-order valence-electron chi connectivity index (χ2n) is 2.34. The molecule has 0 amide bonds. The Morgan fingerprint density at radius 1 is 1.13 bits per heavy atom. The molecule has 15 heavy (non-hydrogen) atoms. The Morgan fingerprint density at radius 3 is 2.20 bits per heavy atom. The number of hydrogen-bond acceptors (Lipinski definition) is 5. The van der Waals surface area contributed by atoms with Crippen LogP contribution in [0.4, 0.5) is 0 Å². The third-order valence-electron chi connectivity index (χ3n) is 1.32. The third kappa shape index (κ3) is 4.95. The van der Waals surface area contributed by atoms with E-state index in [4.69, 9.17) is 4.74 Å². The van der Waals surface area contributed by atoms with Crippen molar-refractivity contribution in [3.63, 3.8) is 0 Å². The van der Waals surface area contributed by atoms with E-state index in [-0.39, 0.29) is 18.8 Å². The molecule has 5 nitrogen and oxygen atoms in total. The minimum absolute atomic E-state index is 0.0539. The van der Waals surface area contributed by atoms with Gasteiger partial charge in [0.1, 0.15) is 13.2 Å². The highest BCUT2D eigenvalue weighted by Gasteiger charge is 2.22. The Balaban J connectivity index is 4.57. The molecule has 0 aliphatic carbocycles. The molecule has 0 fully saturated rings. The maximum Gasteiger partial charge on any atom is 0.352 e. The lowest BCUT2D eigenvalue weighted by molar-refractivity contribution is -0.146. The van der Waals surface area contributed by atoms with Gasteiger partial charge in [0.2, 0.25) is 6.61 Å². The van der Waals surface area contributed by atoms with Crippen LogP contribution in [0.25, 0.3) is 0 Å². The first-order valence-electron chi connectivity index (χ1n) is 4.62. The predicted octanol–water partition coefficient (Wildman–Crippen LogP) is 0.847. The van der Waals surface area contributed by atoms with Crippen molar-refractivity contribution >= 4 is 11.9 Å². The van der Waals surface area contributed by atoms with E-state index >= 15 is 0 Å². The van der Waals surface area contributed by atoms with Crippen molar-refractivity contribution in [3.8, 4) is 0 Å². The molecule has 0 atom stereocenters. The molecule has 0 aliphatic heterocycles. The van der Waals surface area contributed by atoms with Gasteiger partial charge in [0.25, 0.3) is 0 Å². The van der Waals surface area contributed by atoms with Crippen LogP contribution in [0, 0.1) is 6.92 Å². The van der Waals surface area contributed by atoms with Crippen LogP contribution >= 0.6 is 0 Å². The van der Waals surface area contributed by atoms with Gasteiger partial charge in [-0.15, -0.1) is 0 Å². The average Bonchev–Trinajstić information content (AvgIpc) is 2.19. The summed E-state index contributed by atoms with van der Waals surface area (Å²) in [6.45, 7) is 7.17. The van der Waals surface area contributed by atoms with Crippen molar-refractivity contribution in [2.75, 3.05) is 19.8 Å². The molecule has 0 aromatic rings. The summed E-state index contributed by atoms with van der Waals surface area (Å²) in [6.07, 6.45) is 1.04. The van der Waals surface area contributed by atoms with Gasteiger partial charge in [-0.1, -0.05) is 0 Å². The van der Waals surface area contributed by atoms with Gasteiger partial charge in [-0.05, 0) is 13.8 Å². The molecule has 84 valence electrons. The van der Waals surface area contributed by atoms with Gasteiger partial charge >= 0.3 is 11.9 Å². The molecule has 5 heteroatoms. The number of carbonyl (C=O) groups is 2. The minimum atomic E-state index is -0.795. The Bertz CT molecular complexity index is 224. The summed E-state index contributed by atoms with van der Waals surface area (Å²) in [6, 6.07) is 0. The molecule has 0 aliphatic rings. The van der Waals surface area contributed by atoms with E-state index in [2.05, 4.69) is 16.4 Å². The Morgan fingerprint density at radius 2 is 1.73 bits per heavy atom. The van der Waals surface area contributed by atoms with E-state index < -0.39 is 11.9 Å². The predicted molar refractivity (Wildman–Crippen MR) is 52.7 cm³/mol. The molecule has 0 aromatic carbocycles. The van der Waals surface area contributed by atoms with Gasteiger partial charge in [-0.3, -0.25) is 0 Å². The van der Waals surface area contributed by atoms with Crippen molar-refractivity contribution in [2.45, 2.75) is 13.8 Å². The summed E-state index contributed by atoms with van der Waals surface area (Å²) >= 11 is 0. The number of ether oxygens (including phenoxy) is 3. The summed E-state index contributed by atoms with van der Waals surface area (Å²) in [7, 11) is 0. The summed E-state index contributed by atoms with van der Waals surface area (Å²) in [5, 5.41) is 0. The second-order valence-corrected chi connectivity index (χ2v) is 2.34. The largest absolute Gasteiger partial charge is 0.500 e. The zero-order chi connectivity index (χ0) is 11.7. The van der Waals surface area contributed by atoms with Crippen LogP contribution in [0.3, 0.4) is 0 Å². The highest BCUT2D eigenvalue weighted by atomic mass is 16.6. The van der Waals surface area contributed by atoms with Crippen molar-refractivity contribution in [1.29, 1.82) is 0 Å². The Labute approximate surface area is 89.0 Å². The van der Waals surface area contributed by atoms with E-state index in [0.29, 0.717) is 6.61 Å². The van der Waals surface area contributed by atoms with E-state index in [1.807, 2.05) is 0 Å². The van der Waals surface area contributed by atoms with Crippen molar-refractivity contribution in [2.24, 2.45) is 0 Å². The highest BCUT2D eigenvalue weighted by Crippen LogP contribution is 2.02. The van der Waals surface area contributed by atoms with Crippen LogP contribution in [0.2, 0.25) is 0 Å². The average molecular weight is 215 g/mol. The second kappa shape index (κ2) is 7.73. The third-order valence-corrected chi connectivity index (χ3v) is 1.32. The number of esters is 2. The quantitative estimate of drug-likeness (QED) is 0.164. The summed E-state index contributed by atoms with van der Waals surface area (Å²) in [5.74, 6) is -1.55. The lowest BCUT2D eigenvalue weighted by Gasteiger charge is -2.04. The molecule has 0 spiro atoms. The first-order chi connectivity index (χ1) is 7.17. The Kier molecular flexibility index (Phi) is 6.88. The van der Waals surface area contributed by atoms with Crippen LogP contribution in [-0.4, -0.2) is 31.8 Å². The molecule has 0 saturated heterocycles. The van der Waals surface area contributed by atoms with Crippen molar-refractivity contribution in [1.82, 2.24) is 0 Å². The van der Waals surface area contributed by atoms with E-state index in [0.717, 1.165) is 6.26 Å². The molecule has 0 heterocycles. The monoisotopic (exact) mass is 215 g/mol. The summed E-state index contributed by atoms with van der Waals surface area (Å²) in [4.78, 5) is 22.5.